The van der Waals surface area contributed by atoms with Gasteiger partial charge >= 0.3 is 0 Å². The van der Waals surface area contributed by atoms with Gasteiger partial charge in [0.1, 0.15) is 17.2 Å². The third kappa shape index (κ3) is 9.43. The summed E-state index contributed by atoms with van der Waals surface area (Å²) in [4.78, 5) is 24.5. The number of aromatic hydroxyl groups is 2. The Morgan fingerprint density at radius 1 is 0.727 bits per heavy atom. The normalized spacial score (nSPS) is 10.6. The van der Waals surface area contributed by atoms with Gasteiger partial charge in [0, 0.05) is 0 Å². The number of hydrogen-bond acceptors (Lipinski definition) is 5. The first-order valence-electron chi connectivity index (χ1n) is 11.9. The highest BCUT2D eigenvalue weighted by molar-refractivity contribution is 6.01. The molecule has 0 radical (unpaired) electrons. The standard InChI is InChI=1S/C26H36N2O5/c1-2-3-4-5-6-7-8-9-10-13-18-33-20-16-17-24(30)22(19-20)26(32)28-27-25(31)21-14-11-12-15-23(21)29/h11-12,14-17,19,29-30H,2-10,13,18H2,1H3,(H,27,31)(H,28,32). The number of carbonyl (C=O) groups is 2. The van der Waals surface area contributed by atoms with Gasteiger partial charge in [-0.05, 0) is 36.8 Å². The minimum absolute atomic E-state index is 0.0202. The van der Waals surface area contributed by atoms with Crippen LogP contribution in [0.25, 0.3) is 0 Å². The van der Waals surface area contributed by atoms with E-state index < -0.39 is 11.8 Å². The molecule has 0 unspecified atom stereocenters. The van der Waals surface area contributed by atoms with Gasteiger partial charge in [0.15, 0.2) is 0 Å². The molecule has 7 heteroatoms. The molecule has 2 amide bonds. The molecule has 2 aromatic rings. The number of carbonyl (C=O) groups excluding carboxylic acids is 2. The molecule has 0 aliphatic rings. The molecule has 0 aliphatic carbocycles. The SMILES string of the molecule is CCCCCCCCCCCCOc1ccc(O)c(C(=O)NNC(=O)c2ccccc2O)c1. The number of ether oxygens (including phenoxy) is 1. The predicted molar refractivity (Wildman–Crippen MR) is 128 cm³/mol. The Balaban J connectivity index is 1.70. The highest BCUT2D eigenvalue weighted by Gasteiger charge is 2.15. The molecule has 0 heterocycles. The Kier molecular flexibility index (Phi) is 11.7. The number of hydrazine groups is 1. The number of hydrogen-bond donors (Lipinski definition) is 4. The minimum atomic E-state index is -0.694. The molecule has 0 aliphatic heterocycles. The highest BCUT2D eigenvalue weighted by Crippen LogP contribution is 2.23. The smallest absolute Gasteiger partial charge is 0.273 e. The van der Waals surface area contributed by atoms with Crippen LogP contribution in [0.15, 0.2) is 42.5 Å². The van der Waals surface area contributed by atoms with E-state index in [1.807, 2.05) is 0 Å². The van der Waals surface area contributed by atoms with Crippen LogP contribution in [0.5, 0.6) is 17.2 Å². The van der Waals surface area contributed by atoms with Crippen molar-refractivity contribution in [1.82, 2.24) is 10.9 Å². The van der Waals surface area contributed by atoms with E-state index in [1.54, 1.807) is 18.2 Å². The van der Waals surface area contributed by atoms with E-state index in [1.165, 1.54) is 75.6 Å². The van der Waals surface area contributed by atoms with E-state index >= 15 is 0 Å². The number of nitrogens with one attached hydrogen (secondary N) is 2. The first-order chi connectivity index (χ1) is 16.0. The topological polar surface area (TPSA) is 108 Å². The molecule has 180 valence electrons. The Morgan fingerprint density at radius 3 is 1.91 bits per heavy atom. The molecule has 0 spiro atoms. The third-order valence-electron chi connectivity index (χ3n) is 5.42. The van der Waals surface area contributed by atoms with Gasteiger partial charge in [0.2, 0.25) is 0 Å². The van der Waals surface area contributed by atoms with Gasteiger partial charge in [-0.2, -0.15) is 0 Å². The summed E-state index contributed by atoms with van der Waals surface area (Å²) in [6.45, 7) is 2.77. The van der Waals surface area contributed by atoms with Crippen molar-refractivity contribution in [1.29, 1.82) is 0 Å². The summed E-state index contributed by atoms with van der Waals surface area (Å²) >= 11 is 0. The first kappa shape index (κ1) is 26.0. The van der Waals surface area contributed by atoms with Crippen molar-refractivity contribution in [3.05, 3.63) is 53.6 Å². The highest BCUT2D eigenvalue weighted by atomic mass is 16.5. The number of unbranched alkanes of at least 4 members (excludes halogenated alkanes) is 9. The molecule has 0 aromatic heterocycles. The van der Waals surface area contributed by atoms with Crippen LogP contribution < -0.4 is 15.6 Å². The second-order valence-corrected chi connectivity index (χ2v) is 8.13. The van der Waals surface area contributed by atoms with Crippen molar-refractivity contribution in [3.8, 4) is 17.2 Å². The molecule has 2 aromatic carbocycles. The fraction of sp³-hybridized carbons (Fsp3) is 0.462. The van der Waals surface area contributed by atoms with Gasteiger partial charge in [-0.1, -0.05) is 76.8 Å². The van der Waals surface area contributed by atoms with Crippen LogP contribution in [-0.4, -0.2) is 28.6 Å². The molecule has 0 fully saturated rings. The van der Waals surface area contributed by atoms with Crippen molar-refractivity contribution in [2.45, 2.75) is 71.1 Å². The molecule has 0 atom stereocenters. The summed E-state index contributed by atoms with van der Waals surface area (Å²) in [6.07, 6.45) is 12.4. The second kappa shape index (κ2) is 14.8. The molecule has 0 bridgehead atoms. The maximum absolute atomic E-state index is 12.4. The number of benzene rings is 2. The number of phenols is 2. The molecule has 7 nitrogen and oxygen atoms in total. The molecule has 0 saturated heterocycles. The number of amides is 2. The van der Waals surface area contributed by atoms with E-state index in [9.17, 15) is 19.8 Å². The first-order valence-corrected chi connectivity index (χ1v) is 11.9. The van der Waals surface area contributed by atoms with Crippen LogP contribution in [0.3, 0.4) is 0 Å². The lowest BCUT2D eigenvalue weighted by Crippen LogP contribution is -2.41. The minimum Gasteiger partial charge on any atom is -0.507 e. The van der Waals surface area contributed by atoms with Gasteiger partial charge in [-0.3, -0.25) is 20.4 Å². The van der Waals surface area contributed by atoms with Crippen molar-refractivity contribution in [2.24, 2.45) is 0 Å². The van der Waals surface area contributed by atoms with Crippen molar-refractivity contribution in [3.63, 3.8) is 0 Å². The van der Waals surface area contributed by atoms with Crippen LogP contribution in [0.2, 0.25) is 0 Å². The van der Waals surface area contributed by atoms with Crippen LogP contribution in [0.1, 0.15) is 91.8 Å². The zero-order valence-corrected chi connectivity index (χ0v) is 19.4. The summed E-state index contributed by atoms with van der Waals surface area (Å²) < 4.78 is 5.72. The number of rotatable bonds is 14. The fourth-order valence-electron chi connectivity index (χ4n) is 3.48. The van der Waals surface area contributed by atoms with Gasteiger partial charge in [0.25, 0.3) is 11.8 Å². The quantitative estimate of drug-likeness (QED) is 0.223. The molecule has 0 saturated carbocycles. The van der Waals surface area contributed by atoms with Crippen molar-refractivity contribution >= 4 is 11.8 Å². The average Bonchev–Trinajstić information content (AvgIpc) is 2.82. The number of para-hydroxylation sites is 1. The summed E-state index contributed by atoms with van der Waals surface area (Å²) in [7, 11) is 0. The lowest BCUT2D eigenvalue weighted by atomic mass is 10.1. The number of phenolic OH excluding ortho intramolecular Hbond substituents is 2. The fourth-order valence-corrected chi connectivity index (χ4v) is 3.48. The summed E-state index contributed by atoms with van der Waals surface area (Å²) in [6, 6.07) is 10.4. The van der Waals surface area contributed by atoms with Gasteiger partial charge in [-0.15, -0.1) is 0 Å². The maximum atomic E-state index is 12.4. The Morgan fingerprint density at radius 2 is 1.27 bits per heavy atom. The largest absolute Gasteiger partial charge is 0.507 e. The van der Waals surface area contributed by atoms with Crippen LogP contribution in [-0.2, 0) is 0 Å². The Labute approximate surface area is 196 Å². The lowest BCUT2D eigenvalue weighted by Gasteiger charge is -2.11. The molecule has 4 N–H and O–H groups in total. The van der Waals surface area contributed by atoms with Crippen molar-refractivity contribution in [2.75, 3.05) is 6.61 Å². The van der Waals surface area contributed by atoms with Gasteiger partial charge < -0.3 is 14.9 Å². The third-order valence-corrected chi connectivity index (χ3v) is 5.42. The monoisotopic (exact) mass is 456 g/mol. The van der Waals surface area contributed by atoms with Crippen LogP contribution in [0.4, 0.5) is 0 Å². The second-order valence-electron chi connectivity index (χ2n) is 8.13. The summed E-state index contributed by atoms with van der Waals surface area (Å²) in [5.41, 5.74) is 4.47. The zero-order valence-electron chi connectivity index (χ0n) is 19.4. The van der Waals surface area contributed by atoms with Crippen molar-refractivity contribution < 1.29 is 24.5 Å². The van der Waals surface area contributed by atoms with E-state index in [0.717, 1.165) is 12.8 Å². The molecular formula is C26H36N2O5. The molecular weight excluding hydrogens is 420 g/mol. The van der Waals surface area contributed by atoms with E-state index in [0.29, 0.717) is 12.4 Å². The van der Waals surface area contributed by atoms with Crippen LogP contribution >= 0.6 is 0 Å². The Bertz CT molecular complexity index is 885. The predicted octanol–water partition coefficient (Wildman–Crippen LogP) is 5.47. The summed E-state index contributed by atoms with van der Waals surface area (Å²) in [5.74, 6) is -1.32. The van der Waals surface area contributed by atoms with E-state index in [2.05, 4.69) is 17.8 Å². The summed E-state index contributed by atoms with van der Waals surface area (Å²) in [5, 5.41) is 19.7. The van der Waals surface area contributed by atoms with E-state index in [-0.39, 0.29) is 22.6 Å². The van der Waals surface area contributed by atoms with E-state index in [4.69, 9.17) is 4.74 Å². The Hall–Kier alpha value is -3.22. The van der Waals surface area contributed by atoms with Gasteiger partial charge in [-0.25, -0.2) is 0 Å². The molecule has 2 rings (SSSR count). The maximum Gasteiger partial charge on any atom is 0.273 e. The zero-order chi connectivity index (χ0) is 23.9. The van der Waals surface area contributed by atoms with Gasteiger partial charge in [0.05, 0.1) is 17.7 Å². The average molecular weight is 457 g/mol. The van der Waals surface area contributed by atoms with Crippen LogP contribution in [0, 0.1) is 0 Å². The molecule has 33 heavy (non-hydrogen) atoms. The lowest BCUT2D eigenvalue weighted by molar-refractivity contribution is 0.0843.